The summed E-state index contributed by atoms with van der Waals surface area (Å²) in [4.78, 5) is 32.1. The summed E-state index contributed by atoms with van der Waals surface area (Å²) in [6.07, 6.45) is -4.18. The summed E-state index contributed by atoms with van der Waals surface area (Å²) in [7, 11) is 0. The normalized spacial score (nSPS) is 10.4. The van der Waals surface area contributed by atoms with Crippen LogP contribution in [0.3, 0.4) is 0 Å². The number of aromatic amines is 1. The maximum Gasteiger partial charge on any atom is 0.490 e. The molecule has 3 rings (SSSR count). The first-order valence-electron chi connectivity index (χ1n) is 9.06. The number of carboxylic acids is 1. The molecule has 1 heterocycles. The van der Waals surface area contributed by atoms with Crippen molar-refractivity contribution in [1.82, 2.24) is 10.2 Å². The molecule has 0 aliphatic carbocycles. The number of halogens is 3. The smallest absolute Gasteiger partial charge is 0.475 e. The van der Waals surface area contributed by atoms with Crippen LogP contribution in [0.2, 0.25) is 0 Å². The molecule has 2 aromatic carbocycles. The number of amides is 2. The van der Waals surface area contributed by atoms with Crippen molar-refractivity contribution >= 4 is 29.3 Å². The second-order valence-corrected chi connectivity index (χ2v) is 6.21. The number of primary amides is 1. The van der Waals surface area contributed by atoms with Gasteiger partial charge >= 0.3 is 18.2 Å². The molecular formula is C20H18F3N5O5. The zero-order valence-corrected chi connectivity index (χ0v) is 16.7. The molecule has 0 aliphatic heterocycles. The van der Waals surface area contributed by atoms with Gasteiger partial charge in [0.2, 0.25) is 0 Å². The summed E-state index contributed by atoms with van der Waals surface area (Å²) < 4.78 is 37.0. The van der Waals surface area contributed by atoms with Crippen molar-refractivity contribution in [2.45, 2.75) is 12.7 Å². The number of H-pyrrole nitrogens is 1. The van der Waals surface area contributed by atoms with E-state index in [1.165, 1.54) is 6.20 Å². The molecule has 0 saturated heterocycles. The molecular weight excluding hydrogens is 447 g/mol. The zero-order chi connectivity index (χ0) is 24.4. The molecule has 0 unspecified atom stereocenters. The van der Waals surface area contributed by atoms with Crippen LogP contribution < -0.4 is 21.1 Å². The monoisotopic (exact) mass is 465 g/mol. The Bertz CT molecular complexity index is 1100. The molecule has 174 valence electrons. The Labute approximate surface area is 184 Å². The standard InChI is InChI=1S/C18H17N5O3.C2HF3O2/c19-17(24)16-15(11-21-23-16)20-10-12-5-4-8-14(9-12)26-18(25)22-13-6-2-1-3-7-13;3-2(4,5)1(6)7/h1-9,11,20H,10H2,(H2,19,24)(H,21,23)(H,22,25);(H,6,7). The SMILES string of the molecule is NC(=O)c1[nH]ncc1NCc1cccc(OC(=O)Nc2ccccc2)c1.O=C(O)C(F)(F)F. The number of aromatic nitrogens is 2. The number of rotatable bonds is 6. The van der Waals surface area contributed by atoms with Gasteiger partial charge in [0.1, 0.15) is 11.4 Å². The topological polar surface area (TPSA) is 159 Å². The molecule has 2 amide bonds. The number of nitrogens with one attached hydrogen (secondary N) is 3. The highest BCUT2D eigenvalue weighted by Crippen LogP contribution is 2.17. The van der Waals surface area contributed by atoms with E-state index in [-0.39, 0.29) is 5.69 Å². The van der Waals surface area contributed by atoms with E-state index in [0.29, 0.717) is 23.7 Å². The number of carbonyl (C=O) groups excluding carboxylic acids is 2. The van der Waals surface area contributed by atoms with Gasteiger partial charge in [-0.1, -0.05) is 30.3 Å². The van der Waals surface area contributed by atoms with Crippen molar-refractivity contribution in [2.75, 3.05) is 10.6 Å². The van der Waals surface area contributed by atoms with Crippen LogP contribution in [0.4, 0.5) is 29.3 Å². The van der Waals surface area contributed by atoms with Gasteiger partial charge in [-0.25, -0.2) is 9.59 Å². The first-order chi connectivity index (χ1) is 15.6. The van der Waals surface area contributed by atoms with Gasteiger partial charge in [-0.05, 0) is 29.8 Å². The van der Waals surface area contributed by atoms with E-state index in [2.05, 4.69) is 20.8 Å². The Morgan fingerprint density at radius 1 is 1.09 bits per heavy atom. The second-order valence-electron chi connectivity index (χ2n) is 6.21. The quantitative estimate of drug-likeness (QED) is 0.373. The van der Waals surface area contributed by atoms with Crippen LogP contribution in [0.5, 0.6) is 5.75 Å². The minimum Gasteiger partial charge on any atom is -0.475 e. The van der Waals surface area contributed by atoms with E-state index in [1.54, 1.807) is 30.3 Å². The molecule has 10 nitrogen and oxygen atoms in total. The number of ether oxygens (including phenoxy) is 1. The molecule has 33 heavy (non-hydrogen) atoms. The number of hydrogen-bond acceptors (Lipinski definition) is 6. The highest BCUT2D eigenvalue weighted by Gasteiger charge is 2.38. The molecule has 13 heteroatoms. The number of para-hydroxylation sites is 1. The van der Waals surface area contributed by atoms with E-state index in [0.717, 1.165) is 5.56 Å². The lowest BCUT2D eigenvalue weighted by atomic mass is 10.2. The number of hydrogen-bond donors (Lipinski definition) is 5. The molecule has 0 aliphatic rings. The molecule has 0 saturated carbocycles. The van der Waals surface area contributed by atoms with E-state index in [1.807, 2.05) is 24.3 Å². The average Bonchev–Trinajstić information content (AvgIpc) is 3.22. The summed E-state index contributed by atoms with van der Waals surface area (Å²) >= 11 is 0. The molecule has 0 atom stereocenters. The van der Waals surface area contributed by atoms with E-state index >= 15 is 0 Å². The van der Waals surface area contributed by atoms with Crippen LogP contribution in [-0.2, 0) is 11.3 Å². The third kappa shape index (κ3) is 8.24. The first-order valence-corrected chi connectivity index (χ1v) is 9.06. The number of carbonyl (C=O) groups is 3. The number of benzene rings is 2. The maximum atomic E-state index is 11.9. The molecule has 0 fully saturated rings. The fraction of sp³-hybridized carbons (Fsp3) is 0.100. The number of nitrogens with two attached hydrogens (primary N) is 1. The average molecular weight is 465 g/mol. The minimum atomic E-state index is -5.08. The fourth-order valence-electron chi connectivity index (χ4n) is 2.30. The predicted octanol–water partition coefficient (Wildman–Crippen LogP) is 3.36. The third-order valence-electron chi connectivity index (χ3n) is 3.74. The lowest BCUT2D eigenvalue weighted by molar-refractivity contribution is -0.192. The van der Waals surface area contributed by atoms with Crippen LogP contribution in [0.15, 0.2) is 60.8 Å². The first kappa shape index (κ1) is 24.7. The summed E-state index contributed by atoms with van der Waals surface area (Å²) in [6, 6.07) is 16.1. The third-order valence-corrected chi connectivity index (χ3v) is 3.74. The van der Waals surface area contributed by atoms with Gasteiger partial charge in [0, 0.05) is 12.2 Å². The molecule has 0 bridgehead atoms. The number of alkyl halides is 3. The second kappa shape index (κ2) is 11.2. The van der Waals surface area contributed by atoms with Gasteiger partial charge in [-0.3, -0.25) is 15.2 Å². The Morgan fingerprint density at radius 2 is 1.76 bits per heavy atom. The van der Waals surface area contributed by atoms with Crippen molar-refractivity contribution in [3.63, 3.8) is 0 Å². The Kier molecular flexibility index (Phi) is 8.37. The van der Waals surface area contributed by atoms with Crippen molar-refractivity contribution in [3.05, 3.63) is 72.1 Å². The highest BCUT2D eigenvalue weighted by atomic mass is 19.4. The Morgan fingerprint density at radius 3 is 2.36 bits per heavy atom. The van der Waals surface area contributed by atoms with Gasteiger partial charge in [0.25, 0.3) is 5.91 Å². The van der Waals surface area contributed by atoms with Crippen LogP contribution in [-0.4, -0.2) is 39.4 Å². The lowest BCUT2D eigenvalue weighted by Crippen LogP contribution is -2.21. The van der Waals surface area contributed by atoms with Crippen LogP contribution in [0.25, 0.3) is 0 Å². The predicted molar refractivity (Wildman–Crippen MR) is 111 cm³/mol. The molecule has 3 aromatic rings. The van der Waals surface area contributed by atoms with E-state index in [9.17, 15) is 22.8 Å². The summed E-state index contributed by atoms with van der Waals surface area (Å²) in [5, 5.41) is 19.2. The summed E-state index contributed by atoms with van der Waals surface area (Å²) in [5.74, 6) is -2.95. The van der Waals surface area contributed by atoms with Crippen LogP contribution in [0.1, 0.15) is 16.1 Å². The van der Waals surface area contributed by atoms with Crippen LogP contribution in [0, 0.1) is 0 Å². The minimum absolute atomic E-state index is 0.208. The molecule has 1 aromatic heterocycles. The summed E-state index contributed by atoms with van der Waals surface area (Å²) in [6.45, 7) is 0.400. The molecule has 0 radical (unpaired) electrons. The van der Waals surface area contributed by atoms with Gasteiger partial charge in [-0.15, -0.1) is 0 Å². The zero-order valence-electron chi connectivity index (χ0n) is 16.7. The van der Waals surface area contributed by atoms with Gasteiger partial charge in [0.15, 0.2) is 0 Å². The maximum absolute atomic E-state index is 11.9. The fourth-order valence-corrected chi connectivity index (χ4v) is 2.30. The number of nitrogens with zero attached hydrogens (tertiary/aromatic N) is 1. The molecule has 0 spiro atoms. The molecule has 6 N–H and O–H groups in total. The van der Waals surface area contributed by atoms with Crippen molar-refractivity contribution in [2.24, 2.45) is 5.73 Å². The Balaban J connectivity index is 0.000000479. The number of aliphatic carboxylic acids is 1. The van der Waals surface area contributed by atoms with Crippen molar-refractivity contribution in [3.8, 4) is 5.75 Å². The van der Waals surface area contributed by atoms with Gasteiger partial charge in [0.05, 0.1) is 11.9 Å². The van der Waals surface area contributed by atoms with Gasteiger partial charge < -0.3 is 20.9 Å². The Hall–Kier alpha value is -4.55. The number of carboxylic acid groups (broad SMARTS) is 1. The van der Waals surface area contributed by atoms with Crippen molar-refractivity contribution in [1.29, 1.82) is 0 Å². The lowest BCUT2D eigenvalue weighted by Gasteiger charge is -2.09. The van der Waals surface area contributed by atoms with Crippen LogP contribution >= 0.6 is 0 Å². The van der Waals surface area contributed by atoms with Crippen molar-refractivity contribution < 1.29 is 37.4 Å². The van der Waals surface area contributed by atoms with E-state index < -0.39 is 24.1 Å². The van der Waals surface area contributed by atoms with Gasteiger partial charge in [-0.2, -0.15) is 18.3 Å². The highest BCUT2D eigenvalue weighted by molar-refractivity contribution is 5.96. The van der Waals surface area contributed by atoms with E-state index in [4.69, 9.17) is 20.4 Å². The summed E-state index contributed by atoms with van der Waals surface area (Å²) in [5.41, 5.74) is 7.47. The number of anilines is 2. The largest absolute Gasteiger partial charge is 0.490 e.